The second kappa shape index (κ2) is 9.65. The third-order valence-corrected chi connectivity index (χ3v) is 4.61. The fourth-order valence-corrected chi connectivity index (χ4v) is 3.85. The van der Waals surface area contributed by atoms with Crippen LogP contribution in [0.3, 0.4) is 0 Å². The molecule has 5 heteroatoms. The van der Waals surface area contributed by atoms with E-state index in [1.54, 1.807) is 21.6 Å². The number of hydrogen-bond acceptors (Lipinski definition) is 4. The minimum absolute atomic E-state index is 0.0909. The van der Waals surface area contributed by atoms with Crippen LogP contribution in [0.1, 0.15) is 13.8 Å². The predicted molar refractivity (Wildman–Crippen MR) is 65.7 cm³/mol. The summed E-state index contributed by atoms with van der Waals surface area (Å²) in [6, 6.07) is 0. The van der Waals surface area contributed by atoms with Crippen LogP contribution in [-0.2, 0) is 9.47 Å². The smallest absolute Gasteiger partial charge is 0.170 e. The van der Waals surface area contributed by atoms with Gasteiger partial charge in [-0.25, -0.2) is 0 Å². The normalized spacial score (nSPS) is 13.6. The Balaban J connectivity index is 3.94. The lowest BCUT2D eigenvalue weighted by molar-refractivity contribution is -0.132. The van der Waals surface area contributed by atoms with E-state index in [0.29, 0.717) is 18.5 Å². The van der Waals surface area contributed by atoms with E-state index < -0.39 is 0 Å². The molecule has 0 aliphatic heterocycles. The first-order valence-electron chi connectivity index (χ1n) is 4.28. The summed E-state index contributed by atoms with van der Waals surface area (Å²) in [5, 5.41) is 1.25. The minimum Gasteiger partial charge on any atom is -0.352 e. The van der Waals surface area contributed by atoms with E-state index in [1.165, 1.54) is 0 Å². The molecule has 0 saturated heterocycles. The molecule has 2 nitrogen and oxygen atoms in total. The zero-order valence-electron chi connectivity index (χ0n) is 8.29. The van der Waals surface area contributed by atoms with Gasteiger partial charge in [-0.2, -0.15) is 0 Å². The van der Waals surface area contributed by atoms with Crippen molar-refractivity contribution in [3.05, 3.63) is 0 Å². The van der Waals surface area contributed by atoms with Crippen LogP contribution < -0.4 is 0 Å². The molecule has 1 unspecified atom stereocenters. The largest absolute Gasteiger partial charge is 0.352 e. The molecule has 0 radical (unpaired) electrons. The molecular formula is C8H17BrO2S2. The molecule has 0 bridgehead atoms. The van der Waals surface area contributed by atoms with Gasteiger partial charge in [0.2, 0.25) is 0 Å². The molecule has 0 aromatic rings. The highest BCUT2D eigenvalue weighted by atomic mass is 79.9. The fourth-order valence-electron chi connectivity index (χ4n) is 0.859. The second-order valence-corrected chi connectivity index (χ2v) is 5.59. The maximum atomic E-state index is 5.50. The van der Waals surface area contributed by atoms with Crippen molar-refractivity contribution in [3.8, 4) is 0 Å². The van der Waals surface area contributed by atoms with Crippen LogP contribution in [0.5, 0.6) is 0 Å². The third-order valence-electron chi connectivity index (χ3n) is 1.34. The monoisotopic (exact) mass is 288 g/mol. The van der Waals surface area contributed by atoms with Crippen molar-refractivity contribution in [3.63, 3.8) is 0 Å². The van der Waals surface area contributed by atoms with E-state index in [4.69, 9.17) is 9.47 Å². The summed E-state index contributed by atoms with van der Waals surface area (Å²) in [6.45, 7) is 5.37. The molecule has 0 saturated carbocycles. The van der Waals surface area contributed by atoms with Crippen molar-refractivity contribution in [2.24, 2.45) is 0 Å². The lowest BCUT2D eigenvalue weighted by Crippen LogP contribution is -2.30. The van der Waals surface area contributed by atoms with Crippen LogP contribution in [-0.4, -0.2) is 36.3 Å². The fraction of sp³-hybridized carbons (Fsp3) is 1.00. The van der Waals surface area contributed by atoms with Gasteiger partial charge >= 0.3 is 0 Å². The molecular weight excluding hydrogens is 272 g/mol. The van der Waals surface area contributed by atoms with Crippen LogP contribution in [0, 0.1) is 0 Å². The van der Waals surface area contributed by atoms with E-state index in [1.807, 2.05) is 13.8 Å². The Labute approximate surface area is 97.0 Å². The number of hydrogen-bond donors (Lipinski definition) is 0. The van der Waals surface area contributed by atoms with Gasteiger partial charge in [0, 0.05) is 18.5 Å². The van der Waals surface area contributed by atoms with Crippen LogP contribution >= 0.6 is 37.5 Å². The number of alkyl halides is 1. The SMILES string of the molecule is CCOC(OCC)C(CBr)SSC. The van der Waals surface area contributed by atoms with Crippen LogP contribution in [0.25, 0.3) is 0 Å². The van der Waals surface area contributed by atoms with Gasteiger partial charge in [0.25, 0.3) is 0 Å². The third kappa shape index (κ3) is 6.23. The van der Waals surface area contributed by atoms with Crippen LogP contribution in [0.2, 0.25) is 0 Å². The minimum atomic E-state index is -0.0909. The molecule has 0 aliphatic carbocycles. The van der Waals surface area contributed by atoms with Gasteiger partial charge in [0.05, 0.1) is 5.25 Å². The Morgan fingerprint density at radius 3 is 2.08 bits per heavy atom. The van der Waals surface area contributed by atoms with Crippen molar-refractivity contribution in [2.75, 3.05) is 24.8 Å². The maximum Gasteiger partial charge on any atom is 0.170 e. The summed E-state index contributed by atoms with van der Waals surface area (Å²) in [6.07, 6.45) is 1.97. The van der Waals surface area contributed by atoms with E-state index in [9.17, 15) is 0 Å². The molecule has 0 amide bonds. The maximum absolute atomic E-state index is 5.50. The molecule has 0 aliphatic rings. The van der Waals surface area contributed by atoms with Crippen molar-refractivity contribution < 1.29 is 9.47 Å². The van der Waals surface area contributed by atoms with Gasteiger partial charge in [-0.05, 0) is 20.1 Å². The molecule has 0 aromatic carbocycles. The molecule has 0 aromatic heterocycles. The number of halogens is 1. The average molecular weight is 289 g/mol. The molecule has 1 atom stereocenters. The summed E-state index contributed by atoms with van der Waals surface area (Å²) >= 11 is 3.46. The van der Waals surface area contributed by atoms with E-state index in [0.717, 1.165) is 5.33 Å². The van der Waals surface area contributed by atoms with E-state index in [-0.39, 0.29) is 6.29 Å². The molecule has 0 spiro atoms. The van der Waals surface area contributed by atoms with Gasteiger partial charge in [-0.15, -0.1) is 0 Å². The van der Waals surface area contributed by atoms with Crippen molar-refractivity contribution in [2.45, 2.75) is 25.4 Å². The van der Waals surface area contributed by atoms with E-state index in [2.05, 4.69) is 22.2 Å². The van der Waals surface area contributed by atoms with Crippen molar-refractivity contribution in [1.82, 2.24) is 0 Å². The standard InChI is InChI=1S/C8H17BrO2S2/c1-4-10-8(11-5-2)7(6-9)13-12-3/h7-8H,4-6H2,1-3H3. The first kappa shape index (κ1) is 14.1. The lowest BCUT2D eigenvalue weighted by Gasteiger charge is -2.23. The predicted octanol–water partition coefficient (Wildman–Crippen LogP) is 3.16. The Hall–Kier alpha value is 1.10. The first-order chi connectivity index (χ1) is 6.29. The second-order valence-electron chi connectivity index (χ2n) is 2.23. The molecule has 0 heterocycles. The highest BCUT2D eigenvalue weighted by Gasteiger charge is 2.21. The molecule has 0 fully saturated rings. The molecule has 0 rings (SSSR count). The average Bonchev–Trinajstić information content (AvgIpc) is 2.14. The first-order valence-corrected chi connectivity index (χ1v) is 8.03. The summed E-state index contributed by atoms with van der Waals surface area (Å²) < 4.78 is 11.0. The summed E-state index contributed by atoms with van der Waals surface area (Å²) in [5.74, 6) is 0. The van der Waals surface area contributed by atoms with Gasteiger partial charge in [0.1, 0.15) is 0 Å². The van der Waals surface area contributed by atoms with Crippen LogP contribution in [0.4, 0.5) is 0 Å². The van der Waals surface area contributed by atoms with E-state index >= 15 is 0 Å². The Morgan fingerprint density at radius 1 is 1.23 bits per heavy atom. The number of ether oxygens (including phenoxy) is 2. The Bertz CT molecular complexity index is 110. The Kier molecular flexibility index (Phi) is 10.5. The quantitative estimate of drug-likeness (QED) is 0.388. The molecule has 13 heavy (non-hydrogen) atoms. The highest BCUT2D eigenvalue weighted by Crippen LogP contribution is 2.29. The van der Waals surface area contributed by atoms with Crippen molar-refractivity contribution in [1.29, 1.82) is 0 Å². The molecule has 80 valence electrons. The van der Waals surface area contributed by atoms with Crippen LogP contribution in [0.15, 0.2) is 0 Å². The van der Waals surface area contributed by atoms with Gasteiger partial charge in [-0.3, -0.25) is 0 Å². The summed E-state index contributed by atoms with van der Waals surface area (Å²) in [7, 11) is 3.53. The Morgan fingerprint density at radius 2 is 1.77 bits per heavy atom. The lowest BCUT2D eigenvalue weighted by atomic mass is 10.4. The van der Waals surface area contributed by atoms with Gasteiger partial charge < -0.3 is 9.47 Å². The zero-order chi connectivity index (χ0) is 10.1. The van der Waals surface area contributed by atoms with Crippen molar-refractivity contribution >= 4 is 37.5 Å². The summed E-state index contributed by atoms with van der Waals surface area (Å²) in [4.78, 5) is 0. The molecule has 0 N–H and O–H groups in total. The number of rotatable bonds is 8. The summed E-state index contributed by atoms with van der Waals surface area (Å²) in [5.41, 5.74) is 0. The highest BCUT2D eigenvalue weighted by molar-refractivity contribution is 9.09. The zero-order valence-corrected chi connectivity index (χ0v) is 11.5. The van der Waals surface area contributed by atoms with Gasteiger partial charge in [0.15, 0.2) is 6.29 Å². The topological polar surface area (TPSA) is 18.5 Å². The van der Waals surface area contributed by atoms with Gasteiger partial charge in [-0.1, -0.05) is 37.5 Å².